The summed E-state index contributed by atoms with van der Waals surface area (Å²) in [4.78, 5) is 0. The molecule has 7 heteroatoms. The summed E-state index contributed by atoms with van der Waals surface area (Å²) in [5.74, 6) is 0. The van der Waals surface area contributed by atoms with Crippen molar-refractivity contribution in [1.82, 2.24) is 0 Å². The van der Waals surface area contributed by atoms with Gasteiger partial charge in [0.05, 0.1) is 0 Å². The summed E-state index contributed by atoms with van der Waals surface area (Å²) in [6.45, 7) is 6.62. The van der Waals surface area contributed by atoms with Gasteiger partial charge in [-0.3, -0.25) is 9.05 Å². The molecule has 0 aromatic rings. The van der Waals surface area contributed by atoms with Crippen LogP contribution in [0.25, 0.3) is 0 Å². The zero-order valence-electron chi connectivity index (χ0n) is 7.13. The zero-order valence-corrected chi connectivity index (χ0v) is 8.02. The molecule has 0 heterocycles. The lowest BCUT2D eigenvalue weighted by Gasteiger charge is -2.18. The normalized spacial score (nSPS) is 19.9. The van der Waals surface area contributed by atoms with Crippen molar-refractivity contribution in [2.45, 2.75) is 12.5 Å². The summed E-state index contributed by atoms with van der Waals surface area (Å²) in [6, 6.07) is 0. The Kier molecular flexibility index (Phi) is 5.09. The third-order valence-electron chi connectivity index (χ3n) is 1.00. The lowest BCUT2D eigenvalue weighted by Crippen LogP contribution is -2.26. The van der Waals surface area contributed by atoms with Crippen LogP contribution < -0.4 is 17.0 Å². The summed E-state index contributed by atoms with van der Waals surface area (Å²) in [6.07, 6.45) is 0.547. The van der Waals surface area contributed by atoms with E-state index in [1.54, 1.807) is 0 Å². The molecule has 0 aliphatic carbocycles. The second-order valence-corrected chi connectivity index (χ2v) is 3.65. The lowest BCUT2D eigenvalue weighted by molar-refractivity contribution is 0.155. The molecule has 0 bridgehead atoms. The SMILES string of the molecule is C=CC(N)OP(N)(=O)OC(N)C=C. The van der Waals surface area contributed by atoms with Gasteiger partial charge in [-0.15, -0.1) is 0 Å². The first-order valence-corrected chi connectivity index (χ1v) is 5.04. The molecule has 6 nitrogen and oxygen atoms in total. The molecule has 0 radical (unpaired) electrons. The van der Waals surface area contributed by atoms with Crippen LogP contribution in [0.15, 0.2) is 25.3 Å². The van der Waals surface area contributed by atoms with E-state index >= 15 is 0 Å². The molecule has 0 aromatic heterocycles. The Morgan fingerprint density at radius 1 is 1.15 bits per heavy atom. The number of nitrogens with two attached hydrogens (primary N) is 3. The third-order valence-corrected chi connectivity index (χ3v) is 2.08. The molecule has 0 aromatic carbocycles. The molecule has 0 rings (SSSR count). The minimum atomic E-state index is -3.73. The topological polar surface area (TPSA) is 114 Å². The van der Waals surface area contributed by atoms with Gasteiger partial charge in [-0.1, -0.05) is 13.2 Å². The molecule has 6 N–H and O–H groups in total. The van der Waals surface area contributed by atoms with Crippen LogP contribution in [0.5, 0.6) is 0 Å². The van der Waals surface area contributed by atoms with Gasteiger partial charge in [0.2, 0.25) is 0 Å². The average molecular weight is 207 g/mol. The first-order chi connectivity index (χ1) is 5.91. The predicted molar refractivity (Wildman–Crippen MR) is 50.3 cm³/mol. The molecule has 0 saturated heterocycles. The van der Waals surface area contributed by atoms with Crippen molar-refractivity contribution in [3.63, 3.8) is 0 Å². The number of hydrogen-bond acceptors (Lipinski definition) is 5. The molecule has 2 unspecified atom stereocenters. The Morgan fingerprint density at radius 2 is 1.46 bits per heavy atom. The monoisotopic (exact) mass is 207 g/mol. The molecule has 0 amide bonds. The molecular weight excluding hydrogens is 193 g/mol. The maximum Gasteiger partial charge on any atom is 0.406 e. The van der Waals surface area contributed by atoms with E-state index in [0.29, 0.717) is 0 Å². The highest BCUT2D eigenvalue weighted by Crippen LogP contribution is 2.40. The average Bonchev–Trinajstić information content (AvgIpc) is 2.02. The molecule has 0 saturated carbocycles. The van der Waals surface area contributed by atoms with Crippen molar-refractivity contribution < 1.29 is 13.6 Å². The molecule has 13 heavy (non-hydrogen) atoms. The first-order valence-electron chi connectivity index (χ1n) is 3.43. The van der Waals surface area contributed by atoms with E-state index in [1.165, 1.54) is 12.2 Å². The summed E-state index contributed by atoms with van der Waals surface area (Å²) in [5, 5.41) is 0. The van der Waals surface area contributed by atoms with Gasteiger partial charge in [0.15, 0.2) is 0 Å². The number of rotatable bonds is 6. The van der Waals surface area contributed by atoms with E-state index in [4.69, 9.17) is 17.0 Å². The molecular formula is C6H14N3O3P. The second-order valence-electron chi connectivity index (χ2n) is 2.15. The van der Waals surface area contributed by atoms with Crippen molar-refractivity contribution in [2.75, 3.05) is 0 Å². The Bertz CT molecular complexity index is 213. The minimum absolute atomic E-state index is 0.951. The van der Waals surface area contributed by atoms with E-state index in [9.17, 15) is 4.57 Å². The standard InChI is InChI=1S/C6H14N3O3P/c1-3-5(7)11-13(9,10)12-6(8)4-2/h3-6H,1-2,7-8H2,(H2,9,10). The highest BCUT2D eigenvalue weighted by Gasteiger charge is 2.23. The van der Waals surface area contributed by atoms with Gasteiger partial charge in [-0.2, -0.15) is 0 Å². The summed E-state index contributed by atoms with van der Waals surface area (Å²) in [5.41, 5.74) is 15.6. The zero-order chi connectivity index (χ0) is 10.5. The quantitative estimate of drug-likeness (QED) is 0.321. The molecule has 0 aliphatic heterocycles. The molecule has 0 spiro atoms. The van der Waals surface area contributed by atoms with E-state index in [1.807, 2.05) is 0 Å². The molecule has 0 fully saturated rings. The van der Waals surface area contributed by atoms with Crippen LogP contribution in [0.1, 0.15) is 0 Å². The maximum atomic E-state index is 11.2. The van der Waals surface area contributed by atoms with Crippen LogP contribution >= 0.6 is 7.75 Å². The molecule has 2 atom stereocenters. The van der Waals surface area contributed by atoms with Crippen LogP contribution in [-0.2, 0) is 13.6 Å². The molecule has 76 valence electrons. The highest BCUT2D eigenvalue weighted by molar-refractivity contribution is 7.51. The van der Waals surface area contributed by atoms with Crippen molar-refractivity contribution in [2.24, 2.45) is 17.0 Å². The van der Waals surface area contributed by atoms with Gasteiger partial charge in [0, 0.05) is 0 Å². The van der Waals surface area contributed by atoms with Crippen LogP contribution in [0.3, 0.4) is 0 Å². The van der Waals surface area contributed by atoms with Crippen molar-refractivity contribution in [3.8, 4) is 0 Å². The fourth-order valence-corrected chi connectivity index (χ4v) is 1.35. The predicted octanol–water partition coefficient (Wildman–Crippen LogP) is 0.0280. The smallest absolute Gasteiger partial charge is 0.302 e. The Labute approximate surface area is 77.0 Å². The van der Waals surface area contributed by atoms with Gasteiger partial charge in [-0.05, 0) is 12.2 Å². The van der Waals surface area contributed by atoms with Crippen LogP contribution in [0, 0.1) is 0 Å². The van der Waals surface area contributed by atoms with Gasteiger partial charge in [0.1, 0.15) is 12.5 Å². The van der Waals surface area contributed by atoms with Gasteiger partial charge in [0.25, 0.3) is 0 Å². The van der Waals surface area contributed by atoms with E-state index in [0.717, 1.165) is 0 Å². The first kappa shape index (κ1) is 12.5. The van der Waals surface area contributed by atoms with E-state index in [-0.39, 0.29) is 0 Å². The van der Waals surface area contributed by atoms with Crippen LogP contribution in [0.2, 0.25) is 0 Å². The Balaban J connectivity index is 4.15. The fraction of sp³-hybridized carbons (Fsp3) is 0.333. The van der Waals surface area contributed by atoms with Crippen molar-refractivity contribution >= 4 is 7.75 Å². The van der Waals surface area contributed by atoms with Crippen molar-refractivity contribution in [1.29, 1.82) is 0 Å². The van der Waals surface area contributed by atoms with Gasteiger partial charge in [-0.25, -0.2) is 10.1 Å². The van der Waals surface area contributed by atoms with Gasteiger partial charge < -0.3 is 11.5 Å². The summed E-state index contributed by atoms with van der Waals surface area (Å²) < 4.78 is 20.4. The Hall–Kier alpha value is -0.490. The highest BCUT2D eigenvalue weighted by atomic mass is 31.2. The number of hydrogen-bond donors (Lipinski definition) is 3. The largest absolute Gasteiger partial charge is 0.406 e. The summed E-state index contributed by atoms with van der Waals surface area (Å²) >= 11 is 0. The summed E-state index contributed by atoms with van der Waals surface area (Å²) in [7, 11) is -3.73. The van der Waals surface area contributed by atoms with E-state index in [2.05, 4.69) is 22.2 Å². The third kappa shape index (κ3) is 5.70. The van der Waals surface area contributed by atoms with E-state index < -0.39 is 20.2 Å². The van der Waals surface area contributed by atoms with Crippen molar-refractivity contribution in [3.05, 3.63) is 25.3 Å². The van der Waals surface area contributed by atoms with Crippen LogP contribution in [-0.4, -0.2) is 12.5 Å². The lowest BCUT2D eigenvalue weighted by atomic mass is 10.6. The second kappa shape index (κ2) is 5.29. The van der Waals surface area contributed by atoms with Crippen LogP contribution in [0.4, 0.5) is 0 Å². The maximum absolute atomic E-state index is 11.2. The fourth-order valence-electron chi connectivity index (χ4n) is 0.450. The molecule has 0 aliphatic rings. The van der Waals surface area contributed by atoms with Gasteiger partial charge >= 0.3 is 7.75 Å². The minimum Gasteiger partial charge on any atom is -0.302 e. The Morgan fingerprint density at radius 3 is 1.69 bits per heavy atom.